The molecule has 20 heavy (non-hydrogen) atoms. The minimum atomic E-state index is -0.565. The molecule has 1 aromatic heterocycles. The Bertz CT molecular complexity index is 576. The lowest BCUT2D eigenvalue weighted by Gasteiger charge is -2.25. The average molecular weight is 274 g/mol. The lowest BCUT2D eigenvalue weighted by atomic mass is 9.86. The highest BCUT2D eigenvalue weighted by Gasteiger charge is 2.29. The monoisotopic (exact) mass is 274 g/mol. The number of rotatable bonds is 5. The van der Waals surface area contributed by atoms with Gasteiger partial charge in [0.25, 0.3) is 0 Å². The van der Waals surface area contributed by atoms with Crippen molar-refractivity contribution in [3.63, 3.8) is 0 Å². The number of hydrogen-bond donors (Lipinski definition) is 2. The molecule has 1 heterocycles. The molecule has 1 unspecified atom stereocenters. The number of nitrogens with zero attached hydrogens (tertiary/aromatic N) is 4. The Labute approximate surface area is 117 Å². The first-order chi connectivity index (χ1) is 9.59. The van der Waals surface area contributed by atoms with Crippen molar-refractivity contribution in [2.75, 3.05) is 11.9 Å². The molecular formula is C13H18N6O. The summed E-state index contributed by atoms with van der Waals surface area (Å²) in [7, 11) is 0. The largest absolute Gasteiger partial charge is 0.329 e. The zero-order chi connectivity index (χ0) is 14.6. The Hall–Kier alpha value is -2.28. The van der Waals surface area contributed by atoms with Gasteiger partial charge in [0.15, 0.2) is 0 Å². The van der Waals surface area contributed by atoms with E-state index in [4.69, 9.17) is 5.73 Å². The molecule has 0 radical (unpaired) electrons. The number of hydrogen-bond acceptors (Lipinski definition) is 5. The van der Waals surface area contributed by atoms with Crippen molar-refractivity contribution in [3.05, 3.63) is 30.6 Å². The van der Waals surface area contributed by atoms with Gasteiger partial charge in [-0.2, -0.15) is 0 Å². The molecule has 1 atom stereocenters. The van der Waals surface area contributed by atoms with Crippen molar-refractivity contribution in [3.8, 4) is 5.69 Å². The van der Waals surface area contributed by atoms with Gasteiger partial charge in [0, 0.05) is 12.2 Å². The fraction of sp³-hybridized carbons (Fsp3) is 0.385. The summed E-state index contributed by atoms with van der Waals surface area (Å²) in [4.78, 5) is 12.3. The summed E-state index contributed by atoms with van der Waals surface area (Å²) >= 11 is 0. The Kier molecular flexibility index (Phi) is 4.09. The van der Waals surface area contributed by atoms with E-state index in [1.165, 1.54) is 11.0 Å². The van der Waals surface area contributed by atoms with E-state index < -0.39 is 5.41 Å². The Balaban J connectivity index is 2.19. The number of carbonyl (C=O) groups is 1. The SMILES string of the molecule is CCC(C)(CN)C(=O)Nc1cccc(-n2cnnn2)c1. The van der Waals surface area contributed by atoms with E-state index >= 15 is 0 Å². The molecule has 2 rings (SSSR count). The summed E-state index contributed by atoms with van der Waals surface area (Å²) in [5, 5.41) is 13.9. The molecule has 0 aliphatic heterocycles. The summed E-state index contributed by atoms with van der Waals surface area (Å²) in [5.74, 6) is -0.0867. The molecule has 0 aliphatic rings. The van der Waals surface area contributed by atoms with Crippen LogP contribution in [0.15, 0.2) is 30.6 Å². The molecule has 2 aromatic rings. The molecule has 3 N–H and O–H groups in total. The first kappa shape index (κ1) is 14.1. The molecule has 1 aromatic carbocycles. The lowest BCUT2D eigenvalue weighted by Crippen LogP contribution is -2.39. The van der Waals surface area contributed by atoms with Crippen molar-refractivity contribution in [2.45, 2.75) is 20.3 Å². The fourth-order valence-electron chi connectivity index (χ4n) is 1.69. The van der Waals surface area contributed by atoms with E-state index in [-0.39, 0.29) is 5.91 Å². The second kappa shape index (κ2) is 5.79. The van der Waals surface area contributed by atoms with E-state index in [1.54, 1.807) is 6.07 Å². The van der Waals surface area contributed by atoms with Crippen LogP contribution in [0.25, 0.3) is 5.69 Å². The standard InChI is InChI=1S/C13H18N6O/c1-3-13(2,8-14)12(20)16-10-5-4-6-11(7-10)19-9-15-17-18-19/h4-7,9H,3,8,14H2,1-2H3,(H,16,20). The topological polar surface area (TPSA) is 98.7 Å². The predicted octanol–water partition coefficient (Wildman–Crippen LogP) is 0.976. The average Bonchev–Trinajstić information content (AvgIpc) is 3.01. The van der Waals surface area contributed by atoms with Gasteiger partial charge in [0.1, 0.15) is 6.33 Å². The van der Waals surface area contributed by atoms with Crippen LogP contribution >= 0.6 is 0 Å². The predicted molar refractivity (Wildman–Crippen MR) is 75.2 cm³/mol. The van der Waals surface area contributed by atoms with E-state index in [9.17, 15) is 4.79 Å². The number of benzene rings is 1. The second-order valence-corrected chi connectivity index (χ2v) is 4.88. The smallest absolute Gasteiger partial charge is 0.231 e. The number of anilines is 1. The third-order valence-electron chi connectivity index (χ3n) is 3.50. The normalized spacial score (nSPS) is 13.8. The molecule has 106 valence electrons. The zero-order valence-corrected chi connectivity index (χ0v) is 11.6. The molecule has 7 heteroatoms. The summed E-state index contributed by atoms with van der Waals surface area (Å²) in [6.07, 6.45) is 2.18. The molecule has 0 fully saturated rings. The number of amides is 1. The maximum atomic E-state index is 12.3. The summed E-state index contributed by atoms with van der Waals surface area (Å²) in [6.45, 7) is 4.11. The van der Waals surface area contributed by atoms with Crippen molar-refractivity contribution in [1.29, 1.82) is 0 Å². The van der Waals surface area contributed by atoms with Crippen LogP contribution in [-0.4, -0.2) is 32.7 Å². The summed E-state index contributed by atoms with van der Waals surface area (Å²) in [5.41, 5.74) is 6.59. The van der Waals surface area contributed by atoms with Crippen LogP contribution in [0.1, 0.15) is 20.3 Å². The number of aromatic nitrogens is 4. The summed E-state index contributed by atoms with van der Waals surface area (Å²) < 4.78 is 1.53. The Morgan fingerprint density at radius 2 is 2.30 bits per heavy atom. The highest BCUT2D eigenvalue weighted by Crippen LogP contribution is 2.22. The van der Waals surface area contributed by atoms with Crippen LogP contribution in [0, 0.1) is 5.41 Å². The first-order valence-electron chi connectivity index (χ1n) is 6.44. The number of nitrogens with one attached hydrogen (secondary N) is 1. The van der Waals surface area contributed by atoms with Crippen LogP contribution in [-0.2, 0) is 4.79 Å². The molecule has 0 saturated heterocycles. The molecule has 7 nitrogen and oxygen atoms in total. The molecule has 0 bridgehead atoms. The second-order valence-electron chi connectivity index (χ2n) is 4.88. The van der Waals surface area contributed by atoms with Crippen molar-refractivity contribution in [2.24, 2.45) is 11.1 Å². The molecule has 0 spiro atoms. The van der Waals surface area contributed by atoms with Crippen LogP contribution < -0.4 is 11.1 Å². The van der Waals surface area contributed by atoms with Crippen LogP contribution in [0.2, 0.25) is 0 Å². The molecule has 0 aliphatic carbocycles. The summed E-state index contributed by atoms with van der Waals surface area (Å²) in [6, 6.07) is 7.31. The highest BCUT2D eigenvalue weighted by atomic mass is 16.2. The molecule has 1 amide bonds. The highest BCUT2D eigenvalue weighted by molar-refractivity contribution is 5.95. The molecular weight excluding hydrogens is 256 g/mol. The van der Waals surface area contributed by atoms with Crippen molar-refractivity contribution in [1.82, 2.24) is 20.2 Å². The van der Waals surface area contributed by atoms with E-state index in [2.05, 4.69) is 20.8 Å². The van der Waals surface area contributed by atoms with Crippen molar-refractivity contribution >= 4 is 11.6 Å². The van der Waals surface area contributed by atoms with E-state index in [0.29, 0.717) is 18.7 Å². The molecule has 0 saturated carbocycles. The van der Waals surface area contributed by atoms with Gasteiger partial charge in [0.05, 0.1) is 11.1 Å². The maximum absolute atomic E-state index is 12.3. The van der Waals surface area contributed by atoms with Crippen LogP contribution in [0.4, 0.5) is 5.69 Å². The van der Waals surface area contributed by atoms with Gasteiger partial charge in [-0.3, -0.25) is 4.79 Å². The first-order valence-corrected chi connectivity index (χ1v) is 6.44. The van der Waals surface area contributed by atoms with E-state index in [1.807, 2.05) is 32.0 Å². The van der Waals surface area contributed by atoms with Crippen molar-refractivity contribution < 1.29 is 4.79 Å². The number of tetrazole rings is 1. The van der Waals surface area contributed by atoms with Gasteiger partial charge in [0.2, 0.25) is 5.91 Å². The Morgan fingerprint density at radius 3 is 2.90 bits per heavy atom. The maximum Gasteiger partial charge on any atom is 0.231 e. The third kappa shape index (κ3) is 2.83. The van der Waals surface area contributed by atoms with Gasteiger partial charge in [-0.05, 0) is 42.0 Å². The Morgan fingerprint density at radius 1 is 1.50 bits per heavy atom. The minimum absolute atomic E-state index is 0.0867. The third-order valence-corrected chi connectivity index (χ3v) is 3.50. The zero-order valence-electron chi connectivity index (χ0n) is 11.6. The van der Waals surface area contributed by atoms with Gasteiger partial charge >= 0.3 is 0 Å². The van der Waals surface area contributed by atoms with Crippen LogP contribution in [0.5, 0.6) is 0 Å². The van der Waals surface area contributed by atoms with Gasteiger partial charge < -0.3 is 11.1 Å². The van der Waals surface area contributed by atoms with Crippen LogP contribution in [0.3, 0.4) is 0 Å². The quantitative estimate of drug-likeness (QED) is 0.846. The van der Waals surface area contributed by atoms with E-state index in [0.717, 1.165) is 5.69 Å². The fourth-order valence-corrected chi connectivity index (χ4v) is 1.69. The lowest BCUT2D eigenvalue weighted by molar-refractivity contribution is -0.124. The number of nitrogens with two attached hydrogens (primary N) is 1. The minimum Gasteiger partial charge on any atom is -0.329 e. The van der Waals surface area contributed by atoms with Gasteiger partial charge in [-0.15, -0.1) is 5.10 Å². The van der Waals surface area contributed by atoms with Gasteiger partial charge in [-0.1, -0.05) is 13.0 Å². The van der Waals surface area contributed by atoms with Gasteiger partial charge in [-0.25, -0.2) is 4.68 Å². The number of carbonyl (C=O) groups excluding carboxylic acids is 1.